The van der Waals surface area contributed by atoms with Crippen molar-refractivity contribution in [3.63, 3.8) is 0 Å². The van der Waals surface area contributed by atoms with Crippen LogP contribution in [-0.2, 0) is 20.3 Å². The molecule has 1 fully saturated rings. The van der Waals surface area contributed by atoms with E-state index in [1.807, 2.05) is 7.05 Å². The Hall–Kier alpha value is 0.0300. The first-order valence-electron chi connectivity index (χ1n) is 4.90. The maximum atomic E-state index is 11.8. The van der Waals surface area contributed by atoms with Gasteiger partial charge in [-0.3, -0.25) is 4.21 Å². The molecule has 3 unspecified atom stereocenters. The van der Waals surface area contributed by atoms with Gasteiger partial charge < -0.3 is 14.8 Å². The van der Waals surface area contributed by atoms with E-state index < -0.39 is 10.8 Å². The zero-order valence-corrected chi connectivity index (χ0v) is 9.64. The largest absolute Gasteiger partial charge is 0.384 e. The lowest BCUT2D eigenvalue weighted by molar-refractivity contribution is 0.0836. The van der Waals surface area contributed by atoms with Crippen molar-refractivity contribution in [3.05, 3.63) is 0 Å². The van der Waals surface area contributed by atoms with Crippen molar-refractivity contribution in [2.45, 2.75) is 17.7 Å². The quantitative estimate of drug-likeness (QED) is 0.696. The van der Waals surface area contributed by atoms with E-state index in [4.69, 9.17) is 9.47 Å². The molecule has 1 saturated heterocycles. The van der Waals surface area contributed by atoms with Crippen LogP contribution in [0.5, 0.6) is 0 Å². The van der Waals surface area contributed by atoms with Gasteiger partial charge in [0.15, 0.2) is 0 Å². The monoisotopic (exact) mass is 221 g/mol. The van der Waals surface area contributed by atoms with E-state index in [0.717, 1.165) is 13.0 Å². The third kappa shape index (κ3) is 3.31. The minimum absolute atomic E-state index is 0.115. The second kappa shape index (κ2) is 6.50. The normalized spacial score (nSPS) is 30.1. The molecule has 0 amide bonds. The molecular formula is C9H19NO3S. The number of methoxy groups -OCH3 is 1. The lowest BCUT2D eigenvalue weighted by Gasteiger charge is -2.30. The molecule has 3 atom stereocenters. The molecular weight excluding hydrogens is 202 g/mol. The first-order valence-corrected chi connectivity index (χ1v) is 6.29. The predicted molar refractivity (Wildman–Crippen MR) is 57.0 cm³/mol. The topological polar surface area (TPSA) is 47.6 Å². The van der Waals surface area contributed by atoms with Gasteiger partial charge in [-0.05, 0) is 13.5 Å². The summed E-state index contributed by atoms with van der Waals surface area (Å²) in [5.41, 5.74) is 0. The summed E-state index contributed by atoms with van der Waals surface area (Å²) in [5, 5.41) is 3.31. The molecule has 5 heteroatoms. The fourth-order valence-electron chi connectivity index (χ4n) is 1.62. The highest BCUT2D eigenvalue weighted by atomic mass is 32.2. The average Bonchev–Trinajstić information content (AvgIpc) is 2.25. The van der Waals surface area contributed by atoms with Gasteiger partial charge >= 0.3 is 0 Å². The second-order valence-electron chi connectivity index (χ2n) is 3.37. The van der Waals surface area contributed by atoms with E-state index >= 15 is 0 Å². The van der Waals surface area contributed by atoms with Gasteiger partial charge in [0, 0.05) is 36.3 Å². The molecule has 0 aromatic heterocycles. The van der Waals surface area contributed by atoms with Crippen LogP contribution in [-0.4, -0.2) is 55.2 Å². The van der Waals surface area contributed by atoms with Crippen molar-refractivity contribution in [2.75, 3.05) is 39.7 Å². The van der Waals surface area contributed by atoms with E-state index in [2.05, 4.69) is 5.32 Å². The Balaban J connectivity index is 2.41. The first kappa shape index (κ1) is 12.1. The fraction of sp³-hybridized carbons (Fsp3) is 1.00. The number of nitrogens with one attached hydrogen (secondary N) is 1. The molecule has 1 aliphatic rings. The van der Waals surface area contributed by atoms with Crippen molar-refractivity contribution in [1.82, 2.24) is 5.32 Å². The van der Waals surface area contributed by atoms with Crippen LogP contribution in [0.1, 0.15) is 6.42 Å². The zero-order valence-electron chi connectivity index (χ0n) is 8.82. The van der Waals surface area contributed by atoms with Crippen LogP contribution in [0.15, 0.2) is 0 Å². The van der Waals surface area contributed by atoms with Crippen LogP contribution < -0.4 is 5.32 Å². The standard InChI is InChI=1S/C9H19NO3S/c1-10-8-3-4-13-7-9(8)14(11)6-5-12-2/h8-10H,3-7H2,1-2H3. The minimum Gasteiger partial charge on any atom is -0.384 e. The van der Waals surface area contributed by atoms with Crippen LogP contribution in [0.2, 0.25) is 0 Å². The third-order valence-electron chi connectivity index (χ3n) is 2.50. The number of rotatable bonds is 5. The summed E-state index contributed by atoms with van der Waals surface area (Å²) in [6.07, 6.45) is 0.944. The summed E-state index contributed by atoms with van der Waals surface area (Å²) in [7, 11) is 2.69. The molecule has 14 heavy (non-hydrogen) atoms. The molecule has 0 spiro atoms. The molecule has 1 rings (SSSR count). The van der Waals surface area contributed by atoms with Gasteiger partial charge in [0.05, 0.1) is 18.5 Å². The van der Waals surface area contributed by atoms with Crippen LogP contribution in [0.3, 0.4) is 0 Å². The van der Waals surface area contributed by atoms with Crippen LogP contribution in [0.4, 0.5) is 0 Å². The van der Waals surface area contributed by atoms with E-state index in [9.17, 15) is 4.21 Å². The molecule has 0 bridgehead atoms. The van der Waals surface area contributed by atoms with E-state index in [0.29, 0.717) is 25.0 Å². The number of ether oxygens (including phenoxy) is 2. The Morgan fingerprint density at radius 2 is 2.43 bits per heavy atom. The maximum Gasteiger partial charge on any atom is 0.0736 e. The van der Waals surface area contributed by atoms with E-state index in [1.54, 1.807) is 7.11 Å². The Bertz CT molecular complexity index is 189. The number of hydrogen-bond donors (Lipinski definition) is 1. The van der Waals surface area contributed by atoms with Crippen molar-refractivity contribution >= 4 is 10.8 Å². The minimum atomic E-state index is -0.849. The highest BCUT2D eigenvalue weighted by Gasteiger charge is 2.28. The van der Waals surface area contributed by atoms with Crippen LogP contribution in [0.25, 0.3) is 0 Å². The smallest absolute Gasteiger partial charge is 0.0736 e. The van der Waals surface area contributed by atoms with E-state index in [1.165, 1.54) is 0 Å². The Morgan fingerprint density at radius 1 is 1.64 bits per heavy atom. The summed E-state index contributed by atoms with van der Waals surface area (Å²) in [5.74, 6) is 0.600. The highest BCUT2D eigenvalue weighted by Crippen LogP contribution is 2.13. The molecule has 1 aliphatic heterocycles. The summed E-state index contributed by atoms with van der Waals surface area (Å²) in [4.78, 5) is 0. The second-order valence-corrected chi connectivity index (χ2v) is 5.15. The predicted octanol–water partition coefficient (Wildman–Crippen LogP) is -0.242. The van der Waals surface area contributed by atoms with Crippen molar-refractivity contribution in [3.8, 4) is 0 Å². The molecule has 0 aliphatic carbocycles. The summed E-state index contributed by atoms with van der Waals surface area (Å²) < 4.78 is 22.1. The number of hydrogen-bond acceptors (Lipinski definition) is 4. The fourth-order valence-corrected chi connectivity index (χ4v) is 3.14. The van der Waals surface area contributed by atoms with Gasteiger partial charge in [-0.15, -0.1) is 0 Å². The SMILES string of the molecule is CNC1CCOCC1S(=O)CCOC. The summed E-state index contributed by atoms with van der Waals surface area (Å²) >= 11 is 0. The Morgan fingerprint density at radius 3 is 3.07 bits per heavy atom. The van der Waals surface area contributed by atoms with Crippen LogP contribution in [0, 0.1) is 0 Å². The Kier molecular flexibility index (Phi) is 5.62. The van der Waals surface area contributed by atoms with Crippen molar-refractivity contribution < 1.29 is 13.7 Å². The Labute approximate surface area is 87.8 Å². The first-order chi connectivity index (χ1) is 6.79. The molecule has 0 aromatic rings. The highest BCUT2D eigenvalue weighted by molar-refractivity contribution is 7.85. The van der Waals surface area contributed by atoms with Gasteiger partial charge in [0.25, 0.3) is 0 Å². The molecule has 0 aromatic carbocycles. The van der Waals surface area contributed by atoms with Crippen molar-refractivity contribution in [1.29, 1.82) is 0 Å². The molecule has 0 radical (unpaired) electrons. The maximum absolute atomic E-state index is 11.8. The van der Waals surface area contributed by atoms with Gasteiger partial charge in [0.2, 0.25) is 0 Å². The molecule has 84 valence electrons. The third-order valence-corrected chi connectivity index (χ3v) is 4.21. The lowest BCUT2D eigenvalue weighted by Crippen LogP contribution is -2.48. The lowest BCUT2D eigenvalue weighted by atomic mass is 10.1. The molecule has 1 heterocycles. The molecule has 1 N–H and O–H groups in total. The zero-order chi connectivity index (χ0) is 10.4. The van der Waals surface area contributed by atoms with Crippen LogP contribution >= 0.6 is 0 Å². The van der Waals surface area contributed by atoms with Gasteiger partial charge in [-0.2, -0.15) is 0 Å². The van der Waals surface area contributed by atoms with Gasteiger partial charge in [-0.25, -0.2) is 0 Å². The molecule has 4 nitrogen and oxygen atoms in total. The van der Waals surface area contributed by atoms with Crippen molar-refractivity contribution in [2.24, 2.45) is 0 Å². The van der Waals surface area contributed by atoms with E-state index in [-0.39, 0.29) is 5.25 Å². The molecule has 0 saturated carbocycles. The average molecular weight is 221 g/mol. The van der Waals surface area contributed by atoms with Gasteiger partial charge in [-0.1, -0.05) is 0 Å². The van der Waals surface area contributed by atoms with Gasteiger partial charge in [0.1, 0.15) is 0 Å². The summed E-state index contributed by atoms with van der Waals surface area (Å²) in [6.45, 7) is 1.92. The summed E-state index contributed by atoms with van der Waals surface area (Å²) in [6, 6.07) is 0.321.